The number of halogens is 4. The topological polar surface area (TPSA) is 49.7 Å². The molecule has 0 spiro atoms. The summed E-state index contributed by atoms with van der Waals surface area (Å²) in [6.45, 7) is 0. The first kappa shape index (κ1) is 12.2. The molecule has 0 radical (unpaired) electrons. The van der Waals surface area contributed by atoms with Crippen LogP contribution >= 0.6 is 11.6 Å². The molecule has 82 valence electrons. The molecule has 0 saturated heterocycles. The lowest BCUT2D eigenvalue weighted by Crippen LogP contribution is -2.22. The molecular formula is C7H5BClF3O3. The molecule has 0 amide bonds. The Bertz CT molecular complexity index is 356. The molecule has 1 rings (SSSR count). The molecule has 8 heteroatoms. The van der Waals surface area contributed by atoms with Crippen LogP contribution in [-0.2, 0) is 6.18 Å². The van der Waals surface area contributed by atoms with E-state index in [1.165, 1.54) is 0 Å². The second kappa shape index (κ2) is 4.30. The maximum Gasteiger partial charge on any atom is 0.707 e. The van der Waals surface area contributed by atoms with Gasteiger partial charge in [-0.3, -0.25) is 0 Å². The lowest BCUT2D eigenvalue weighted by atomic mass is 10.1. The van der Waals surface area contributed by atoms with E-state index in [4.69, 9.17) is 21.6 Å². The predicted octanol–water partition coefficient (Wildman–Crippen LogP) is 1.71. The van der Waals surface area contributed by atoms with Gasteiger partial charge in [0.05, 0.1) is 5.56 Å². The maximum absolute atomic E-state index is 12.3. The van der Waals surface area contributed by atoms with Gasteiger partial charge < -0.3 is 14.7 Å². The molecule has 0 fully saturated rings. The van der Waals surface area contributed by atoms with E-state index in [0.29, 0.717) is 6.07 Å². The van der Waals surface area contributed by atoms with Crippen LogP contribution in [0.3, 0.4) is 0 Å². The molecule has 0 aliphatic carbocycles. The third kappa shape index (κ3) is 3.30. The summed E-state index contributed by atoms with van der Waals surface area (Å²) in [5.74, 6) is -0.731. The third-order valence-electron chi connectivity index (χ3n) is 1.48. The van der Waals surface area contributed by atoms with Crippen molar-refractivity contribution in [3.8, 4) is 5.75 Å². The highest BCUT2D eigenvalue weighted by molar-refractivity contribution is 6.34. The van der Waals surface area contributed by atoms with Gasteiger partial charge in [-0.05, 0) is 18.2 Å². The first-order valence-corrected chi connectivity index (χ1v) is 4.08. The van der Waals surface area contributed by atoms with E-state index in [9.17, 15) is 13.2 Å². The summed E-state index contributed by atoms with van der Waals surface area (Å²) < 4.78 is 41.2. The van der Waals surface area contributed by atoms with Gasteiger partial charge >= 0.3 is 13.5 Å². The van der Waals surface area contributed by atoms with E-state index in [0.717, 1.165) is 12.1 Å². The van der Waals surface area contributed by atoms with Gasteiger partial charge in [-0.25, -0.2) is 0 Å². The summed E-state index contributed by atoms with van der Waals surface area (Å²) in [4.78, 5) is 0. The zero-order chi connectivity index (χ0) is 11.6. The van der Waals surface area contributed by atoms with E-state index in [2.05, 4.69) is 4.65 Å². The molecule has 3 nitrogen and oxygen atoms in total. The van der Waals surface area contributed by atoms with Crippen LogP contribution < -0.4 is 4.65 Å². The van der Waals surface area contributed by atoms with Crippen molar-refractivity contribution in [1.29, 1.82) is 0 Å². The van der Waals surface area contributed by atoms with Crippen LogP contribution in [0.4, 0.5) is 13.2 Å². The lowest BCUT2D eigenvalue weighted by Gasteiger charge is -2.13. The van der Waals surface area contributed by atoms with Gasteiger partial charge in [-0.2, -0.15) is 13.2 Å². The van der Waals surface area contributed by atoms with Crippen molar-refractivity contribution < 1.29 is 27.9 Å². The normalized spacial score (nSPS) is 11.3. The van der Waals surface area contributed by atoms with Gasteiger partial charge in [0.15, 0.2) is 0 Å². The first-order valence-electron chi connectivity index (χ1n) is 3.70. The molecule has 1 aromatic carbocycles. The number of rotatable bonds is 2. The third-order valence-corrected chi connectivity index (χ3v) is 1.72. The molecule has 0 atom stereocenters. The van der Waals surface area contributed by atoms with E-state index >= 15 is 0 Å². The predicted molar refractivity (Wildman–Crippen MR) is 47.3 cm³/mol. The molecule has 0 aliphatic heterocycles. The highest BCUT2D eigenvalue weighted by Crippen LogP contribution is 2.37. The summed E-state index contributed by atoms with van der Waals surface area (Å²) >= 11 is 5.44. The molecule has 0 bridgehead atoms. The quantitative estimate of drug-likeness (QED) is 0.774. The highest BCUT2D eigenvalue weighted by atomic mass is 35.5. The number of benzene rings is 1. The number of alkyl halides is 3. The Hall–Kier alpha value is -0.915. The summed E-state index contributed by atoms with van der Waals surface area (Å²) in [5, 5.41) is 16.8. The molecule has 0 aliphatic rings. The molecule has 1 aromatic rings. The van der Waals surface area contributed by atoms with Crippen molar-refractivity contribution in [1.82, 2.24) is 0 Å². The second-order valence-electron chi connectivity index (χ2n) is 2.58. The number of hydrogen-bond acceptors (Lipinski definition) is 3. The average Bonchev–Trinajstić information content (AvgIpc) is 1.99. The second-order valence-corrected chi connectivity index (χ2v) is 3.02. The van der Waals surface area contributed by atoms with Gasteiger partial charge in [0, 0.05) is 5.02 Å². The molecular weight excluding hydrogens is 235 g/mol. The first-order chi connectivity index (χ1) is 6.80. The van der Waals surface area contributed by atoms with Crippen molar-refractivity contribution >= 4 is 18.9 Å². The summed E-state index contributed by atoms with van der Waals surface area (Å²) in [6, 6.07) is 2.57. The van der Waals surface area contributed by atoms with Crippen LogP contribution in [0.25, 0.3) is 0 Å². The van der Waals surface area contributed by atoms with E-state index in [1.807, 2.05) is 0 Å². The van der Waals surface area contributed by atoms with Gasteiger partial charge in [0.1, 0.15) is 5.75 Å². The van der Waals surface area contributed by atoms with Crippen LogP contribution in [0.5, 0.6) is 5.75 Å². The van der Waals surface area contributed by atoms with Crippen molar-refractivity contribution in [2.24, 2.45) is 0 Å². The highest BCUT2D eigenvalue weighted by Gasteiger charge is 2.35. The fourth-order valence-corrected chi connectivity index (χ4v) is 1.10. The van der Waals surface area contributed by atoms with Crippen LogP contribution in [0, 0.1) is 0 Å². The molecule has 0 unspecified atom stereocenters. The summed E-state index contributed by atoms with van der Waals surface area (Å²) in [7, 11) is -2.33. The van der Waals surface area contributed by atoms with Crippen LogP contribution in [-0.4, -0.2) is 17.4 Å². The molecule has 0 heterocycles. The molecule has 0 saturated carbocycles. The van der Waals surface area contributed by atoms with Crippen molar-refractivity contribution in [3.63, 3.8) is 0 Å². The van der Waals surface area contributed by atoms with E-state index in [-0.39, 0.29) is 5.02 Å². The van der Waals surface area contributed by atoms with Gasteiger partial charge in [-0.1, -0.05) is 11.6 Å². The van der Waals surface area contributed by atoms with Gasteiger partial charge in [0.25, 0.3) is 0 Å². The average molecular weight is 240 g/mol. The smallest absolute Gasteiger partial charge is 0.511 e. The Kier molecular flexibility index (Phi) is 3.48. The Morgan fingerprint density at radius 3 is 2.33 bits per heavy atom. The Balaban J connectivity index is 3.15. The zero-order valence-corrected chi connectivity index (χ0v) is 7.88. The Morgan fingerprint density at radius 2 is 1.87 bits per heavy atom. The summed E-state index contributed by atoms with van der Waals surface area (Å²) in [6.07, 6.45) is -4.64. The van der Waals surface area contributed by atoms with Crippen LogP contribution in [0.1, 0.15) is 5.56 Å². The minimum Gasteiger partial charge on any atom is -0.511 e. The largest absolute Gasteiger partial charge is 0.707 e. The SMILES string of the molecule is OB(O)Oc1cc(Cl)ccc1C(F)(F)F. The van der Waals surface area contributed by atoms with E-state index in [1.54, 1.807) is 0 Å². The van der Waals surface area contributed by atoms with E-state index < -0.39 is 24.8 Å². The monoisotopic (exact) mass is 240 g/mol. The fraction of sp³-hybridized carbons (Fsp3) is 0.143. The fourth-order valence-electron chi connectivity index (χ4n) is 0.941. The zero-order valence-electron chi connectivity index (χ0n) is 7.12. The Labute approximate surface area is 88.2 Å². The van der Waals surface area contributed by atoms with Gasteiger partial charge in [0.2, 0.25) is 0 Å². The minimum atomic E-state index is -4.64. The molecule has 15 heavy (non-hydrogen) atoms. The maximum atomic E-state index is 12.3. The van der Waals surface area contributed by atoms with Crippen LogP contribution in [0.15, 0.2) is 18.2 Å². The van der Waals surface area contributed by atoms with Crippen molar-refractivity contribution in [2.75, 3.05) is 0 Å². The minimum absolute atomic E-state index is 0.00125. The summed E-state index contributed by atoms with van der Waals surface area (Å²) in [5.41, 5.74) is -1.12. The van der Waals surface area contributed by atoms with Crippen LogP contribution in [0.2, 0.25) is 5.02 Å². The van der Waals surface area contributed by atoms with Gasteiger partial charge in [-0.15, -0.1) is 0 Å². The lowest BCUT2D eigenvalue weighted by molar-refractivity contribution is -0.138. The number of hydrogen-bond donors (Lipinski definition) is 2. The molecule has 0 aromatic heterocycles. The van der Waals surface area contributed by atoms with Crippen molar-refractivity contribution in [2.45, 2.75) is 6.18 Å². The van der Waals surface area contributed by atoms with Crippen molar-refractivity contribution in [3.05, 3.63) is 28.8 Å². The standard InChI is InChI=1S/C7H5BClF3O3/c9-4-1-2-5(7(10,11)12)6(3-4)15-8(13)14/h1-3,13-14H. The Morgan fingerprint density at radius 1 is 1.27 bits per heavy atom. The molecule has 2 N–H and O–H groups in total.